The zero-order valence-corrected chi connectivity index (χ0v) is 31.6. The van der Waals surface area contributed by atoms with Crippen molar-refractivity contribution in [3.05, 3.63) is 94.5 Å². The molecule has 0 aromatic heterocycles. The van der Waals surface area contributed by atoms with Gasteiger partial charge in [0, 0.05) is 12.2 Å². The molecule has 1 fully saturated rings. The number of Topliss-reactive ketones (excluding diaryl/α,β-unsaturated/α-hetero) is 1. The van der Waals surface area contributed by atoms with Crippen LogP contribution in [0.3, 0.4) is 0 Å². The van der Waals surface area contributed by atoms with Gasteiger partial charge in [0.05, 0.1) is 36.5 Å². The number of imide groups is 1. The number of nitrogens with one attached hydrogen (secondary N) is 1. The number of unbranched alkanes of at least 4 members (excludes halogenated alkanes) is 9. The van der Waals surface area contributed by atoms with E-state index in [0.717, 1.165) is 25.7 Å². The summed E-state index contributed by atoms with van der Waals surface area (Å²) in [5.74, 6) is -2.84. The number of amides is 4. The molecular weight excluding hydrogens is 698 g/mol. The third kappa shape index (κ3) is 11.4. The van der Waals surface area contributed by atoms with Crippen molar-refractivity contribution in [3.8, 4) is 5.75 Å². The number of ketones is 1. The fraction of sp³-hybridized carbons (Fsp3) is 0.439. The molecule has 0 saturated carbocycles. The van der Waals surface area contributed by atoms with Crippen molar-refractivity contribution in [1.82, 2.24) is 9.80 Å². The quantitative estimate of drug-likeness (QED) is 0.0356. The van der Waals surface area contributed by atoms with Gasteiger partial charge in [0.2, 0.25) is 6.23 Å². The van der Waals surface area contributed by atoms with Crippen LogP contribution in [0, 0.1) is 0 Å². The Bertz CT molecular complexity index is 1680. The first-order valence-corrected chi connectivity index (χ1v) is 18.8. The summed E-state index contributed by atoms with van der Waals surface area (Å²) in [6.45, 7) is 4.21. The van der Waals surface area contributed by atoms with Crippen molar-refractivity contribution in [2.45, 2.75) is 96.9 Å². The summed E-state index contributed by atoms with van der Waals surface area (Å²) in [4.78, 5) is 70.9. The van der Waals surface area contributed by atoms with E-state index in [9.17, 15) is 24.0 Å². The molecule has 1 saturated heterocycles. The molecule has 2 atom stereocenters. The predicted molar refractivity (Wildman–Crippen MR) is 203 cm³/mol. The topological polar surface area (TPSA) is 132 Å². The lowest BCUT2D eigenvalue weighted by atomic mass is 10.0. The third-order valence-corrected chi connectivity index (χ3v) is 9.35. The Balaban J connectivity index is 1.49. The van der Waals surface area contributed by atoms with Crippen molar-refractivity contribution in [1.29, 1.82) is 0 Å². The number of halogens is 1. The Morgan fingerprint density at radius 2 is 1.43 bits per heavy atom. The molecule has 11 nitrogen and oxygen atoms in total. The molecule has 1 aliphatic rings. The number of esters is 1. The summed E-state index contributed by atoms with van der Waals surface area (Å²) in [7, 11) is 1.47. The summed E-state index contributed by atoms with van der Waals surface area (Å²) >= 11 is 6.46. The second-order valence-electron chi connectivity index (χ2n) is 12.9. The van der Waals surface area contributed by atoms with Crippen molar-refractivity contribution < 1.29 is 38.2 Å². The van der Waals surface area contributed by atoms with Crippen LogP contribution >= 0.6 is 11.6 Å². The summed E-state index contributed by atoms with van der Waals surface area (Å²) < 4.78 is 16.4. The highest BCUT2D eigenvalue weighted by Crippen LogP contribution is 2.29. The van der Waals surface area contributed by atoms with Gasteiger partial charge in [0.1, 0.15) is 5.75 Å². The highest BCUT2D eigenvalue weighted by Gasteiger charge is 2.53. The van der Waals surface area contributed by atoms with Crippen LogP contribution in [-0.2, 0) is 25.6 Å². The number of benzene rings is 3. The Morgan fingerprint density at radius 1 is 0.811 bits per heavy atom. The molecule has 0 unspecified atom stereocenters. The summed E-state index contributed by atoms with van der Waals surface area (Å²) in [5.41, 5.74) is 0.899. The first-order valence-electron chi connectivity index (χ1n) is 18.4. The number of anilines is 1. The Kier molecular flexibility index (Phi) is 16.3. The number of hydrogen-bond acceptors (Lipinski definition) is 8. The maximum absolute atomic E-state index is 14.1. The number of rotatable bonds is 22. The van der Waals surface area contributed by atoms with Crippen LogP contribution in [0.4, 0.5) is 10.5 Å². The van der Waals surface area contributed by atoms with Crippen LogP contribution < -0.4 is 10.1 Å². The zero-order chi connectivity index (χ0) is 38.2. The van der Waals surface area contributed by atoms with Gasteiger partial charge in [-0.3, -0.25) is 19.3 Å². The minimum Gasteiger partial charge on any atom is -0.497 e. The molecular formula is C41H50ClN3O8. The molecule has 0 bridgehead atoms. The smallest absolute Gasteiger partial charge is 0.338 e. The number of carbonyl (C=O) groups excluding carboxylic acids is 5. The van der Waals surface area contributed by atoms with Gasteiger partial charge >= 0.3 is 12.0 Å². The maximum Gasteiger partial charge on any atom is 0.338 e. The second kappa shape index (κ2) is 21.1. The highest BCUT2D eigenvalue weighted by molar-refractivity contribution is 6.34. The Labute approximate surface area is 316 Å². The molecule has 4 rings (SSSR count). The largest absolute Gasteiger partial charge is 0.497 e. The Hall–Kier alpha value is -4.74. The standard InChI is InChI=1S/C41H50ClN3O8/c1-4-6-7-8-9-10-11-12-13-17-26-53-40(49)31-22-25-33(42)34(27-31)43-37(47)35(36(46)30-20-23-32(51-3)24-21-30)45-38(48)39(52-5-2)44(41(45)50)28-29-18-15-14-16-19-29/h14-16,18-25,27,35,39H,4-13,17,26,28H2,1-3H3,(H,43,47)/t35-,39+/m1/s1. The van der Waals surface area contributed by atoms with Gasteiger partial charge in [-0.25, -0.2) is 14.5 Å². The van der Waals surface area contributed by atoms with Gasteiger partial charge in [-0.1, -0.05) is 107 Å². The SMILES string of the molecule is CCCCCCCCCCCCOC(=O)c1ccc(Cl)c(NC(=O)[C@@H](C(=O)c2ccc(OC)cc2)N2C(=O)[C@H](OCC)N(Cc3ccccc3)C2=O)c1. The minimum absolute atomic E-state index is 0.000760. The zero-order valence-electron chi connectivity index (χ0n) is 30.8. The van der Waals surface area contributed by atoms with Gasteiger partial charge in [0.15, 0.2) is 11.8 Å². The lowest BCUT2D eigenvalue weighted by Gasteiger charge is -2.25. The number of ether oxygens (including phenoxy) is 3. The normalized spacial score (nSPS) is 14.7. The number of carbonyl (C=O) groups is 5. The molecule has 3 aromatic carbocycles. The van der Waals surface area contributed by atoms with E-state index in [1.54, 1.807) is 31.2 Å². The van der Waals surface area contributed by atoms with E-state index in [0.29, 0.717) is 16.2 Å². The molecule has 284 valence electrons. The molecule has 53 heavy (non-hydrogen) atoms. The van der Waals surface area contributed by atoms with E-state index in [1.165, 1.54) is 93.0 Å². The van der Waals surface area contributed by atoms with Crippen molar-refractivity contribution in [2.75, 3.05) is 25.6 Å². The summed E-state index contributed by atoms with van der Waals surface area (Å²) in [5, 5.41) is 2.66. The van der Waals surface area contributed by atoms with Gasteiger partial charge < -0.3 is 19.5 Å². The average molecular weight is 748 g/mol. The van der Waals surface area contributed by atoms with Crippen LogP contribution in [0.2, 0.25) is 5.02 Å². The van der Waals surface area contributed by atoms with Crippen molar-refractivity contribution >= 4 is 46.9 Å². The number of nitrogens with zero attached hydrogens (tertiary/aromatic N) is 2. The first-order chi connectivity index (χ1) is 25.7. The van der Waals surface area contributed by atoms with Gasteiger partial charge in [-0.2, -0.15) is 0 Å². The molecule has 1 aliphatic heterocycles. The monoisotopic (exact) mass is 747 g/mol. The van der Waals surface area contributed by atoms with E-state index in [4.69, 9.17) is 25.8 Å². The Morgan fingerprint density at radius 3 is 2.06 bits per heavy atom. The number of methoxy groups -OCH3 is 1. The van der Waals surface area contributed by atoms with Gasteiger partial charge in [-0.05, 0) is 61.4 Å². The van der Waals surface area contributed by atoms with Crippen LogP contribution in [0.5, 0.6) is 5.75 Å². The van der Waals surface area contributed by atoms with E-state index in [-0.39, 0.29) is 41.6 Å². The first kappa shape index (κ1) is 41.0. The van der Waals surface area contributed by atoms with Crippen LogP contribution in [-0.4, -0.2) is 72.0 Å². The van der Waals surface area contributed by atoms with E-state index < -0.39 is 41.9 Å². The molecule has 0 radical (unpaired) electrons. The molecule has 1 N–H and O–H groups in total. The number of urea groups is 1. The van der Waals surface area contributed by atoms with Gasteiger partial charge in [0.25, 0.3) is 11.8 Å². The predicted octanol–water partition coefficient (Wildman–Crippen LogP) is 8.44. The molecule has 4 amide bonds. The van der Waals surface area contributed by atoms with Crippen molar-refractivity contribution in [3.63, 3.8) is 0 Å². The maximum atomic E-state index is 14.1. The molecule has 0 aliphatic carbocycles. The summed E-state index contributed by atoms with van der Waals surface area (Å²) in [6.07, 6.45) is 10.1. The van der Waals surface area contributed by atoms with Crippen molar-refractivity contribution in [2.24, 2.45) is 0 Å². The minimum atomic E-state index is -1.95. The van der Waals surface area contributed by atoms with E-state index >= 15 is 0 Å². The number of hydrogen-bond donors (Lipinski definition) is 1. The lowest BCUT2D eigenvalue weighted by molar-refractivity contribution is -0.144. The highest BCUT2D eigenvalue weighted by atomic mass is 35.5. The fourth-order valence-corrected chi connectivity index (χ4v) is 6.29. The van der Waals surface area contributed by atoms with Crippen LogP contribution in [0.15, 0.2) is 72.8 Å². The molecule has 3 aromatic rings. The average Bonchev–Trinajstić information content (AvgIpc) is 3.38. The second-order valence-corrected chi connectivity index (χ2v) is 13.3. The molecule has 12 heteroatoms. The van der Waals surface area contributed by atoms with E-state index in [1.807, 2.05) is 6.07 Å². The van der Waals surface area contributed by atoms with Crippen LogP contribution in [0.1, 0.15) is 104 Å². The fourth-order valence-electron chi connectivity index (χ4n) is 6.13. The lowest BCUT2D eigenvalue weighted by Crippen LogP contribution is -2.52. The van der Waals surface area contributed by atoms with E-state index in [2.05, 4.69) is 12.2 Å². The van der Waals surface area contributed by atoms with Crippen LogP contribution in [0.25, 0.3) is 0 Å². The molecule has 1 heterocycles. The van der Waals surface area contributed by atoms with Gasteiger partial charge in [-0.15, -0.1) is 0 Å². The molecule has 0 spiro atoms. The third-order valence-electron chi connectivity index (χ3n) is 9.02. The summed E-state index contributed by atoms with van der Waals surface area (Å²) in [6, 6.07) is 16.3.